The number of nitrogens with zero attached hydrogens (tertiary/aromatic N) is 1. The number of amides is 1. The molecule has 0 aromatic carbocycles. The van der Waals surface area contributed by atoms with E-state index in [1.807, 2.05) is 0 Å². The molecule has 1 amide bonds. The summed E-state index contributed by atoms with van der Waals surface area (Å²) in [6.07, 6.45) is 2.40. The first kappa shape index (κ1) is 16.2. The van der Waals surface area contributed by atoms with E-state index in [0.717, 1.165) is 38.9 Å². The number of alkyl carbamates (subject to hydrolysis) is 1. The molecule has 2 atom stereocenters. The van der Waals surface area contributed by atoms with Crippen LogP contribution in [0.1, 0.15) is 26.2 Å². The van der Waals surface area contributed by atoms with Gasteiger partial charge >= 0.3 is 6.09 Å². The number of nitrogens with one attached hydrogen (secondary N) is 1. The average Bonchev–Trinajstić information content (AvgIpc) is 2.36. The predicted molar refractivity (Wildman–Crippen MR) is 73.9 cm³/mol. The second-order valence-corrected chi connectivity index (χ2v) is 5.08. The number of rotatable bonds is 7. The number of hydrogen-bond acceptors (Lipinski definition) is 5. The van der Waals surface area contributed by atoms with Crippen LogP contribution in [0.15, 0.2) is 0 Å². The molecule has 0 saturated carbocycles. The highest BCUT2D eigenvalue weighted by molar-refractivity contribution is 5.67. The van der Waals surface area contributed by atoms with Gasteiger partial charge in [0.2, 0.25) is 0 Å². The quantitative estimate of drug-likeness (QED) is 0.615. The van der Waals surface area contributed by atoms with E-state index < -0.39 is 0 Å². The summed E-state index contributed by atoms with van der Waals surface area (Å²) < 4.78 is 4.92. The maximum atomic E-state index is 11.5. The van der Waals surface area contributed by atoms with Crippen molar-refractivity contribution in [3.8, 4) is 0 Å². The number of ether oxygens (including phenoxy) is 1. The molecule has 1 fully saturated rings. The fourth-order valence-electron chi connectivity index (χ4n) is 2.70. The van der Waals surface area contributed by atoms with Crippen molar-refractivity contribution < 1.29 is 14.6 Å². The SMILES string of the molecule is CCOC(=O)NC1CC(CCCO)CN(CCN)C1. The van der Waals surface area contributed by atoms with E-state index in [0.29, 0.717) is 19.1 Å². The molecular formula is C13H27N3O3. The zero-order valence-electron chi connectivity index (χ0n) is 11.8. The van der Waals surface area contributed by atoms with Crippen molar-refractivity contribution in [1.82, 2.24) is 10.2 Å². The first-order chi connectivity index (χ1) is 9.19. The lowest BCUT2D eigenvalue weighted by molar-refractivity contribution is 0.113. The molecule has 4 N–H and O–H groups in total. The molecule has 2 unspecified atom stereocenters. The summed E-state index contributed by atoms with van der Waals surface area (Å²) in [6.45, 7) is 5.70. The molecule has 1 aliphatic heterocycles. The Hall–Kier alpha value is -0.850. The third-order valence-corrected chi connectivity index (χ3v) is 3.43. The van der Waals surface area contributed by atoms with Gasteiger partial charge in [-0.15, -0.1) is 0 Å². The standard InChI is InChI=1S/C13H27N3O3/c1-2-19-13(18)15-12-8-11(4-3-7-17)9-16(10-12)6-5-14/h11-12,17H,2-10,14H2,1H3,(H,15,18). The van der Waals surface area contributed by atoms with E-state index >= 15 is 0 Å². The van der Waals surface area contributed by atoms with Crippen molar-refractivity contribution in [2.24, 2.45) is 11.7 Å². The van der Waals surface area contributed by atoms with Gasteiger partial charge in [-0.05, 0) is 32.1 Å². The van der Waals surface area contributed by atoms with Gasteiger partial charge in [-0.1, -0.05) is 0 Å². The highest BCUT2D eigenvalue weighted by Crippen LogP contribution is 2.21. The third-order valence-electron chi connectivity index (χ3n) is 3.43. The van der Waals surface area contributed by atoms with Crippen LogP contribution in [0.4, 0.5) is 4.79 Å². The van der Waals surface area contributed by atoms with Crippen LogP contribution in [0.25, 0.3) is 0 Å². The van der Waals surface area contributed by atoms with Gasteiger partial charge in [0.25, 0.3) is 0 Å². The van der Waals surface area contributed by atoms with Gasteiger partial charge in [-0.2, -0.15) is 0 Å². The summed E-state index contributed by atoms with van der Waals surface area (Å²) in [6, 6.07) is 0.114. The molecule has 112 valence electrons. The topological polar surface area (TPSA) is 87.8 Å². The summed E-state index contributed by atoms with van der Waals surface area (Å²) in [7, 11) is 0. The molecule has 0 aromatic heterocycles. The molecule has 1 rings (SSSR count). The number of piperidine rings is 1. The number of carbonyl (C=O) groups excluding carboxylic acids is 1. The van der Waals surface area contributed by atoms with Crippen molar-refractivity contribution in [3.63, 3.8) is 0 Å². The highest BCUT2D eigenvalue weighted by Gasteiger charge is 2.27. The monoisotopic (exact) mass is 273 g/mol. The molecule has 0 bridgehead atoms. The van der Waals surface area contributed by atoms with Crippen molar-refractivity contribution in [2.75, 3.05) is 39.4 Å². The van der Waals surface area contributed by atoms with Gasteiger partial charge in [0.05, 0.1) is 6.61 Å². The molecule has 1 heterocycles. The van der Waals surface area contributed by atoms with Gasteiger partial charge < -0.3 is 20.9 Å². The summed E-state index contributed by atoms with van der Waals surface area (Å²) in [4.78, 5) is 13.8. The van der Waals surface area contributed by atoms with Crippen molar-refractivity contribution in [1.29, 1.82) is 0 Å². The first-order valence-electron chi connectivity index (χ1n) is 7.16. The van der Waals surface area contributed by atoms with Crippen LogP contribution in [0.2, 0.25) is 0 Å². The lowest BCUT2D eigenvalue weighted by Gasteiger charge is -2.37. The van der Waals surface area contributed by atoms with Crippen LogP contribution in [-0.4, -0.2) is 61.5 Å². The first-order valence-corrected chi connectivity index (χ1v) is 7.16. The van der Waals surface area contributed by atoms with Crippen LogP contribution in [0.3, 0.4) is 0 Å². The maximum Gasteiger partial charge on any atom is 0.407 e. The van der Waals surface area contributed by atoms with E-state index in [1.165, 1.54) is 0 Å². The number of aliphatic hydroxyl groups excluding tert-OH is 1. The summed E-state index contributed by atoms with van der Waals surface area (Å²) >= 11 is 0. The zero-order valence-corrected chi connectivity index (χ0v) is 11.8. The summed E-state index contributed by atoms with van der Waals surface area (Å²) in [5.74, 6) is 0.499. The Labute approximate surface area is 115 Å². The fourth-order valence-corrected chi connectivity index (χ4v) is 2.70. The van der Waals surface area contributed by atoms with Crippen LogP contribution in [-0.2, 0) is 4.74 Å². The lowest BCUT2D eigenvalue weighted by atomic mass is 9.90. The van der Waals surface area contributed by atoms with Crippen molar-refractivity contribution in [3.05, 3.63) is 0 Å². The normalized spacial score (nSPS) is 24.2. The van der Waals surface area contributed by atoms with E-state index in [1.54, 1.807) is 6.92 Å². The van der Waals surface area contributed by atoms with E-state index in [2.05, 4.69) is 10.2 Å². The molecule has 1 aliphatic rings. The lowest BCUT2D eigenvalue weighted by Crippen LogP contribution is -2.51. The molecule has 0 radical (unpaired) electrons. The van der Waals surface area contributed by atoms with Crippen LogP contribution in [0.5, 0.6) is 0 Å². The number of carbonyl (C=O) groups is 1. The van der Waals surface area contributed by atoms with Gasteiger partial charge in [-0.3, -0.25) is 4.90 Å². The van der Waals surface area contributed by atoms with Crippen molar-refractivity contribution >= 4 is 6.09 Å². The van der Waals surface area contributed by atoms with Gasteiger partial charge in [0.1, 0.15) is 0 Å². The Morgan fingerprint density at radius 3 is 2.95 bits per heavy atom. The van der Waals surface area contributed by atoms with Crippen LogP contribution >= 0.6 is 0 Å². The largest absolute Gasteiger partial charge is 0.450 e. The Morgan fingerprint density at radius 1 is 1.53 bits per heavy atom. The molecule has 6 heteroatoms. The minimum Gasteiger partial charge on any atom is -0.450 e. The molecule has 6 nitrogen and oxygen atoms in total. The van der Waals surface area contributed by atoms with Crippen molar-refractivity contribution in [2.45, 2.75) is 32.2 Å². The average molecular weight is 273 g/mol. The minimum absolute atomic E-state index is 0.114. The predicted octanol–water partition coefficient (Wildman–Crippen LogP) is 0.154. The van der Waals surface area contributed by atoms with Crippen LogP contribution < -0.4 is 11.1 Å². The van der Waals surface area contributed by atoms with Gasteiger partial charge in [0.15, 0.2) is 0 Å². The van der Waals surface area contributed by atoms with E-state index in [9.17, 15) is 4.79 Å². The number of aliphatic hydroxyl groups is 1. The molecule has 0 spiro atoms. The third kappa shape index (κ3) is 6.22. The smallest absolute Gasteiger partial charge is 0.407 e. The fraction of sp³-hybridized carbons (Fsp3) is 0.923. The minimum atomic E-state index is -0.344. The maximum absolute atomic E-state index is 11.5. The molecule has 19 heavy (non-hydrogen) atoms. The second kappa shape index (κ2) is 9.12. The Bertz CT molecular complexity index is 264. The summed E-state index contributed by atoms with van der Waals surface area (Å²) in [5.41, 5.74) is 5.61. The Balaban J connectivity index is 2.46. The molecule has 0 aromatic rings. The molecule has 0 aliphatic carbocycles. The Kier molecular flexibility index (Phi) is 7.78. The zero-order chi connectivity index (χ0) is 14.1. The van der Waals surface area contributed by atoms with Gasteiger partial charge in [0, 0.05) is 38.8 Å². The Morgan fingerprint density at radius 2 is 2.32 bits per heavy atom. The molecule has 1 saturated heterocycles. The molecular weight excluding hydrogens is 246 g/mol. The van der Waals surface area contributed by atoms with E-state index in [-0.39, 0.29) is 18.7 Å². The second-order valence-electron chi connectivity index (χ2n) is 5.08. The number of likely N-dealkylation sites (tertiary alicyclic amines) is 1. The van der Waals surface area contributed by atoms with Gasteiger partial charge in [-0.25, -0.2) is 4.79 Å². The number of nitrogens with two attached hydrogens (primary N) is 1. The van der Waals surface area contributed by atoms with Crippen LogP contribution in [0, 0.1) is 5.92 Å². The summed E-state index contributed by atoms with van der Waals surface area (Å²) in [5, 5.41) is 11.8. The highest BCUT2D eigenvalue weighted by atomic mass is 16.5. The van der Waals surface area contributed by atoms with E-state index in [4.69, 9.17) is 15.6 Å². The number of hydrogen-bond donors (Lipinski definition) is 3.